The number of likely N-dealkylation sites (N-methyl/N-ethyl adjacent to an activating group) is 2. The van der Waals surface area contributed by atoms with E-state index in [0.717, 1.165) is 13.1 Å². The highest BCUT2D eigenvalue weighted by Crippen LogP contribution is 2.38. The minimum atomic E-state index is -0.234. The molecule has 0 N–H and O–H groups in total. The van der Waals surface area contributed by atoms with E-state index in [4.69, 9.17) is 9.31 Å². The van der Waals surface area contributed by atoms with Crippen molar-refractivity contribution >= 4 is 13.9 Å². The molecule has 0 spiro atoms. The summed E-state index contributed by atoms with van der Waals surface area (Å²) >= 11 is 0. The molecule has 2 aliphatic heterocycles. The Balaban J connectivity index is 2.14. The Hall–Kier alpha value is -0.0301. The van der Waals surface area contributed by atoms with Gasteiger partial charge in [-0.05, 0) is 54.9 Å². The second kappa shape index (κ2) is 3.73. The Morgan fingerprint density at radius 2 is 1.25 bits per heavy atom. The molecule has 0 aromatic carbocycles. The third-order valence-corrected chi connectivity index (χ3v) is 4.22. The third kappa shape index (κ3) is 1.82. The highest BCUT2D eigenvalue weighted by molar-refractivity contribution is 7.14. The van der Waals surface area contributed by atoms with Gasteiger partial charge < -0.3 is 18.9 Å². The van der Waals surface area contributed by atoms with Crippen molar-refractivity contribution in [3.63, 3.8) is 0 Å². The lowest BCUT2D eigenvalue weighted by atomic mass is 9.40. The van der Waals surface area contributed by atoms with E-state index in [1.54, 1.807) is 0 Å². The third-order valence-electron chi connectivity index (χ3n) is 4.22. The summed E-state index contributed by atoms with van der Waals surface area (Å²) in [5.74, 6) is 0. The molecule has 6 heteroatoms. The number of hydrogen-bond acceptors (Lipinski definition) is 4. The molecular formula is C10H22B2N2O2. The Kier molecular flexibility index (Phi) is 2.90. The van der Waals surface area contributed by atoms with Gasteiger partial charge in [0.25, 0.3) is 0 Å². The Morgan fingerprint density at radius 1 is 0.875 bits per heavy atom. The molecule has 90 valence electrons. The maximum atomic E-state index is 6.08. The van der Waals surface area contributed by atoms with Crippen molar-refractivity contribution in [3.8, 4) is 0 Å². The molecule has 2 saturated heterocycles. The zero-order valence-corrected chi connectivity index (χ0v) is 11.3. The summed E-state index contributed by atoms with van der Waals surface area (Å²) in [6.45, 7) is 10.8. The second-order valence-electron chi connectivity index (χ2n) is 6.00. The first-order valence-corrected chi connectivity index (χ1v) is 6.01. The zero-order valence-electron chi connectivity index (χ0n) is 11.3. The molecule has 2 fully saturated rings. The van der Waals surface area contributed by atoms with Crippen LogP contribution in [-0.2, 0) is 9.31 Å². The van der Waals surface area contributed by atoms with E-state index in [9.17, 15) is 0 Å². The highest BCUT2D eigenvalue weighted by atomic mass is 16.7. The van der Waals surface area contributed by atoms with E-state index >= 15 is 0 Å². The van der Waals surface area contributed by atoms with Crippen molar-refractivity contribution < 1.29 is 9.31 Å². The number of nitrogens with zero attached hydrogens (tertiary/aromatic N) is 2. The lowest BCUT2D eigenvalue weighted by Crippen LogP contribution is -2.54. The van der Waals surface area contributed by atoms with Gasteiger partial charge in [-0.1, -0.05) is 0 Å². The maximum Gasteiger partial charge on any atom is 0.451 e. The average molecular weight is 224 g/mol. The van der Waals surface area contributed by atoms with Gasteiger partial charge in [0.2, 0.25) is 0 Å². The van der Waals surface area contributed by atoms with Crippen LogP contribution in [0.15, 0.2) is 0 Å². The van der Waals surface area contributed by atoms with E-state index < -0.39 is 0 Å². The fraction of sp³-hybridized carbons (Fsp3) is 1.00. The molecular weight excluding hydrogens is 202 g/mol. The van der Waals surface area contributed by atoms with E-state index in [2.05, 4.69) is 51.4 Å². The molecule has 4 nitrogen and oxygen atoms in total. The predicted octanol–water partition coefficient (Wildman–Crippen LogP) is 0.522. The summed E-state index contributed by atoms with van der Waals surface area (Å²) < 4.78 is 12.2. The molecule has 16 heavy (non-hydrogen) atoms. The largest absolute Gasteiger partial charge is 0.451 e. The van der Waals surface area contributed by atoms with Crippen LogP contribution in [0.3, 0.4) is 0 Å². The summed E-state index contributed by atoms with van der Waals surface area (Å²) in [6.07, 6.45) is 0. The van der Waals surface area contributed by atoms with Crippen LogP contribution >= 0.6 is 0 Å². The molecule has 0 amide bonds. The molecule has 0 atom stereocenters. The summed E-state index contributed by atoms with van der Waals surface area (Å²) in [5.41, 5.74) is -0.468. The normalized spacial score (nSPS) is 30.4. The fourth-order valence-corrected chi connectivity index (χ4v) is 2.34. The van der Waals surface area contributed by atoms with Crippen LogP contribution in [0.2, 0.25) is 0 Å². The zero-order chi connectivity index (χ0) is 12.1. The van der Waals surface area contributed by atoms with Gasteiger partial charge in [-0.15, -0.1) is 0 Å². The Labute approximate surface area is 99.5 Å². The standard InChI is InChI=1S/C10H22B2N2O2/c1-9(2)10(3,4)16-12(15-9)11-13(5)7-8-14(11)6/h7-8H2,1-6H3. The quantitative estimate of drug-likeness (QED) is 0.606. The minimum absolute atomic E-state index is 0.150. The van der Waals surface area contributed by atoms with Crippen molar-refractivity contribution in [1.82, 2.24) is 9.62 Å². The second-order valence-corrected chi connectivity index (χ2v) is 6.00. The Morgan fingerprint density at radius 3 is 1.62 bits per heavy atom. The summed E-state index contributed by atoms with van der Waals surface area (Å²) in [5, 5.41) is 0. The van der Waals surface area contributed by atoms with Crippen LogP contribution in [0.4, 0.5) is 0 Å². The van der Waals surface area contributed by atoms with Crippen molar-refractivity contribution in [2.24, 2.45) is 0 Å². The molecule has 0 aliphatic carbocycles. The van der Waals surface area contributed by atoms with Crippen LogP contribution in [-0.4, -0.2) is 61.9 Å². The molecule has 0 aromatic rings. The van der Waals surface area contributed by atoms with Gasteiger partial charge in [0.15, 0.2) is 0 Å². The number of hydrogen-bond donors (Lipinski definition) is 0. The van der Waals surface area contributed by atoms with E-state index in [1.165, 1.54) is 0 Å². The van der Waals surface area contributed by atoms with Gasteiger partial charge >= 0.3 is 13.9 Å². The van der Waals surface area contributed by atoms with Gasteiger partial charge in [-0.3, -0.25) is 0 Å². The van der Waals surface area contributed by atoms with Crippen molar-refractivity contribution in [2.45, 2.75) is 38.9 Å². The first kappa shape index (κ1) is 12.4. The Bertz CT molecular complexity index is 260. The molecule has 2 heterocycles. The first-order valence-electron chi connectivity index (χ1n) is 6.01. The van der Waals surface area contributed by atoms with Crippen LogP contribution in [0.1, 0.15) is 27.7 Å². The summed E-state index contributed by atoms with van der Waals surface area (Å²) in [6, 6.07) is 0. The van der Waals surface area contributed by atoms with Gasteiger partial charge in [0.1, 0.15) is 0 Å². The molecule has 0 bridgehead atoms. The van der Waals surface area contributed by atoms with E-state index in [0.29, 0.717) is 0 Å². The minimum Gasteiger partial charge on any atom is -0.407 e. The van der Waals surface area contributed by atoms with Crippen LogP contribution in [0.5, 0.6) is 0 Å². The lowest BCUT2D eigenvalue weighted by molar-refractivity contribution is 0.00578. The number of rotatable bonds is 1. The van der Waals surface area contributed by atoms with Crippen molar-refractivity contribution in [2.75, 3.05) is 27.2 Å². The SMILES string of the molecule is CN1CCN(C)B1B1OC(C)(C)C(C)(C)O1. The molecule has 2 aliphatic rings. The van der Waals surface area contributed by atoms with Gasteiger partial charge in [-0.25, -0.2) is 0 Å². The van der Waals surface area contributed by atoms with E-state index in [-0.39, 0.29) is 25.1 Å². The molecule has 0 radical (unpaired) electrons. The first-order chi connectivity index (χ1) is 7.24. The van der Waals surface area contributed by atoms with Crippen LogP contribution < -0.4 is 0 Å². The van der Waals surface area contributed by atoms with Gasteiger partial charge in [0, 0.05) is 0 Å². The fourth-order valence-electron chi connectivity index (χ4n) is 2.34. The molecule has 0 aromatic heterocycles. The molecule has 0 saturated carbocycles. The highest BCUT2D eigenvalue weighted by Gasteiger charge is 2.58. The van der Waals surface area contributed by atoms with Crippen LogP contribution in [0.25, 0.3) is 0 Å². The summed E-state index contributed by atoms with van der Waals surface area (Å²) in [4.78, 5) is 4.59. The van der Waals surface area contributed by atoms with Crippen LogP contribution in [0, 0.1) is 0 Å². The monoisotopic (exact) mass is 224 g/mol. The topological polar surface area (TPSA) is 24.9 Å². The maximum absolute atomic E-state index is 6.08. The molecule has 0 unspecified atom stereocenters. The van der Waals surface area contributed by atoms with Gasteiger partial charge in [0.05, 0.1) is 11.2 Å². The van der Waals surface area contributed by atoms with E-state index in [1.807, 2.05) is 0 Å². The molecule has 2 rings (SSSR count). The lowest BCUT2D eigenvalue weighted by Gasteiger charge is -2.32. The predicted molar refractivity (Wildman–Crippen MR) is 67.1 cm³/mol. The van der Waals surface area contributed by atoms with Gasteiger partial charge in [-0.2, -0.15) is 0 Å². The smallest absolute Gasteiger partial charge is 0.407 e. The average Bonchev–Trinajstić information content (AvgIpc) is 2.52. The van der Waals surface area contributed by atoms with Crippen molar-refractivity contribution in [1.29, 1.82) is 0 Å². The van der Waals surface area contributed by atoms with Crippen molar-refractivity contribution in [3.05, 3.63) is 0 Å². The summed E-state index contributed by atoms with van der Waals surface area (Å²) in [7, 11) is 4.10.